The fraction of sp³-hybridized carbons (Fsp3) is 0.364. The molecule has 6 nitrogen and oxygen atoms in total. The molecule has 0 aliphatic carbocycles. The zero-order chi connectivity index (χ0) is 29.1. The van der Waals surface area contributed by atoms with Gasteiger partial charge in [0.2, 0.25) is 5.78 Å². The van der Waals surface area contributed by atoms with Gasteiger partial charge < -0.3 is 18.9 Å². The number of hydrogen-bond donors (Lipinski definition) is 0. The highest BCUT2D eigenvalue weighted by molar-refractivity contribution is 7.21. The first-order chi connectivity index (χ1) is 20.5. The molecule has 1 aromatic heterocycles. The lowest BCUT2D eigenvalue weighted by atomic mass is 10.0. The summed E-state index contributed by atoms with van der Waals surface area (Å²) in [6, 6.07) is 17.1. The molecule has 3 aromatic carbocycles. The number of ether oxygens (including phenoxy) is 4. The fourth-order valence-electron chi connectivity index (χ4n) is 5.31. The number of hydrogen-bond acceptors (Lipinski definition) is 7. The number of ketones is 1. The van der Waals surface area contributed by atoms with E-state index in [0.717, 1.165) is 49.0 Å². The Morgan fingerprint density at radius 3 is 2.55 bits per heavy atom. The first-order valence-electron chi connectivity index (χ1n) is 14.3. The predicted octanol–water partition coefficient (Wildman–Crippen LogP) is 7.56. The van der Waals surface area contributed by atoms with Gasteiger partial charge in [0.1, 0.15) is 34.5 Å². The first kappa shape index (κ1) is 28.6. The number of alkyl halides is 1. The van der Waals surface area contributed by atoms with E-state index in [1.54, 1.807) is 19.1 Å². The average Bonchev–Trinajstić information content (AvgIpc) is 3.32. The predicted molar refractivity (Wildman–Crippen MR) is 159 cm³/mol. The minimum atomic E-state index is -0.389. The van der Waals surface area contributed by atoms with Gasteiger partial charge in [-0.2, -0.15) is 0 Å². The van der Waals surface area contributed by atoms with E-state index in [1.165, 1.54) is 29.5 Å². The van der Waals surface area contributed by atoms with E-state index in [2.05, 4.69) is 4.90 Å². The van der Waals surface area contributed by atoms with Crippen LogP contribution in [0.4, 0.5) is 8.78 Å². The Kier molecular flexibility index (Phi) is 8.69. The van der Waals surface area contributed by atoms with Crippen molar-refractivity contribution in [3.63, 3.8) is 0 Å². The minimum Gasteiger partial charge on any atom is -0.492 e. The van der Waals surface area contributed by atoms with Crippen molar-refractivity contribution >= 4 is 27.2 Å². The van der Waals surface area contributed by atoms with Crippen molar-refractivity contribution in [3.05, 3.63) is 82.5 Å². The minimum absolute atomic E-state index is 0.156. The van der Waals surface area contributed by atoms with E-state index in [4.69, 9.17) is 18.9 Å². The van der Waals surface area contributed by atoms with Crippen LogP contribution in [0.3, 0.4) is 0 Å². The maximum Gasteiger partial charge on any atom is 0.207 e. The van der Waals surface area contributed by atoms with Crippen molar-refractivity contribution in [1.82, 2.24) is 4.90 Å². The Morgan fingerprint density at radius 2 is 1.81 bits per heavy atom. The molecule has 0 radical (unpaired) electrons. The highest BCUT2D eigenvalue weighted by Gasteiger charge is 2.26. The number of benzene rings is 3. The molecule has 0 spiro atoms. The van der Waals surface area contributed by atoms with Crippen molar-refractivity contribution in [2.75, 3.05) is 39.5 Å². The fourth-order valence-corrected chi connectivity index (χ4v) is 6.42. The van der Waals surface area contributed by atoms with Gasteiger partial charge in [-0.05, 0) is 86.0 Å². The van der Waals surface area contributed by atoms with E-state index in [1.807, 2.05) is 30.3 Å². The number of thiophene rings is 1. The molecular weight excluding hydrogens is 560 g/mol. The van der Waals surface area contributed by atoms with Crippen LogP contribution in [-0.4, -0.2) is 56.5 Å². The molecule has 0 saturated carbocycles. The van der Waals surface area contributed by atoms with Crippen molar-refractivity contribution in [1.29, 1.82) is 0 Å². The lowest BCUT2D eigenvalue weighted by molar-refractivity contribution is -0.105. The molecule has 2 fully saturated rings. The lowest BCUT2D eigenvalue weighted by Gasteiger charge is -2.37. The van der Waals surface area contributed by atoms with Crippen LogP contribution < -0.4 is 14.2 Å². The Balaban J connectivity index is 1.23. The molecule has 1 unspecified atom stereocenters. The largest absolute Gasteiger partial charge is 0.492 e. The van der Waals surface area contributed by atoms with Gasteiger partial charge in [-0.25, -0.2) is 4.39 Å². The molecular formula is C33H33F2NO5S. The molecule has 0 N–H and O–H groups in total. The summed E-state index contributed by atoms with van der Waals surface area (Å²) in [6.07, 6.45) is 2.64. The quantitative estimate of drug-likeness (QED) is 0.167. The van der Waals surface area contributed by atoms with Crippen LogP contribution in [0.5, 0.6) is 23.0 Å². The van der Waals surface area contributed by atoms with Gasteiger partial charge >= 0.3 is 0 Å². The molecule has 0 bridgehead atoms. The molecule has 220 valence electrons. The number of carbonyl (C=O) groups excluding carboxylic acids is 1. The van der Waals surface area contributed by atoms with Gasteiger partial charge in [0.05, 0.1) is 13.3 Å². The number of halogens is 2. The van der Waals surface area contributed by atoms with E-state index in [-0.39, 0.29) is 30.5 Å². The van der Waals surface area contributed by atoms with Crippen molar-refractivity contribution in [2.45, 2.75) is 32.5 Å². The average molecular weight is 594 g/mol. The zero-order valence-electron chi connectivity index (χ0n) is 23.4. The molecule has 2 saturated heterocycles. The van der Waals surface area contributed by atoms with Crippen molar-refractivity contribution < 1.29 is 32.5 Å². The molecule has 2 aliphatic heterocycles. The Bertz CT molecular complexity index is 1540. The molecule has 3 heterocycles. The second-order valence-corrected chi connectivity index (χ2v) is 11.9. The smallest absolute Gasteiger partial charge is 0.207 e. The van der Waals surface area contributed by atoms with E-state index >= 15 is 0 Å². The summed E-state index contributed by atoms with van der Waals surface area (Å²) in [5.74, 6) is 1.89. The third-order valence-corrected chi connectivity index (χ3v) is 8.76. The number of carbonyl (C=O) groups is 1. The Labute approximate surface area is 247 Å². The maximum absolute atomic E-state index is 13.8. The molecule has 2 aliphatic rings. The molecule has 4 aromatic rings. The zero-order valence-corrected chi connectivity index (χ0v) is 24.3. The van der Waals surface area contributed by atoms with Crippen LogP contribution in [0, 0.1) is 18.7 Å². The third-order valence-electron chi connectivity index (χ3n) is 7.63. The van der Waals surface area contributed by atoms with Gasteiger partial charge in [-0.15, -0.1) is 11.3 Å². The van der Waals surface area contributed by atoms with Crippen LogP contribution in [0.2, 0.25) is 0 Å². The summed E-state index contributed by atoms with van der Waals surface area (Å²) in [6.45, 7) is 4.97. The van der Waals surface area contributed by atoms with E-state index < -0.39 is 0 Å². The normalized spacial score (nSPS) is 17.6. The van der Waals surface area contributed by atoms with Crippen LogP contribution >= 0.6 is 11.3 Å². The SMILES string of the molecule is Cc1cc(F)ccc1C(=O)c1sc2cc(OC3CCCCO3)ccc2c1Oc1ccc(OCCN2CC(CF)C2)cc1. The first-order valence-corrected chi connectivity index (χ1v) is 15.1. The summed E-state index contributed by atoms with van der Waals surface area (Å²) in [7, 11) is 0. The van der Waals surface area contributed by atoms with Crippen molar-refractivity contribution in [3.8, 4) is 23.0 Å². The van der Waals surface area contributed by atoms with Crippen LogP contribution in [-0.2, 0) is 4.74 Å². The van der Waals surface area contributed by atoms with Gasteiger partial charge in [0.15, 0.2) is 12.0 Å². The number of aryl methyl sites for hydroxylation is 1. The third kappa shape index (κ3) is 6.43. The summed E-state index contributed by atoms with van der Waals surface area (Å²) < 4.78 is 51.3. The number of likely N-dealkylation sites (tertiary alicyclic amines) is 1. The van der Waals surface area contributed by atoms with Gasteiger partial charge in [-0.3, -0.25) is 14.1 Å². The summed E-state index contributed by atoms with van der Waals surface area (Å²) in [4.78, 5) is 16.4. The molecule has 6 rings (SSSR count). The molecule has 9 heteroatoms. The second kappa shape index (κ2) is 12.8. The molecule has 1 atom stereocenters. The van der Waals surface area contributed by atoms with Crippen LogP contribution in [0.25, 0.3) is 10.1 Å². The highest BCUT2D eigenvalue weighted by atomic mass is 32.1. The Hall–Kier alpha value is -3.53. The molecule has 42 heavy (non-hydrogen) atoms. The van der Waals surface area contributed by atoms with Crippen LogP contribution in [0.1, 0.15) is 40.1 Å². The summed E-state index contributed by atoms with van der Waals surface area (Å²) >= 11 is 1.32. The number of rotatable bonds is 11. The molecule has 0 amide bonds. The van der Waals surface area contributed by atoms with Gasteiger partial charge in [-0.1, -0.05) is 0 Å². The summed E-state index contributed by atoms with van der Waals surface area (Å²) in [5, 5.41) is 0.779. The standard InChI is InChI=1S/C33H33F2NO5S/c1-21-16-23(35)5-11-27(21)31(37)33-32(28-12-10-26(17-29(28)42-33)40-30-4-2-3-14-39-30)41-25-8-6-24(7-9-25)38-15-13-36-19-22(18-34)20-36/h5-12,16-17,22,30H,2-4,13-15,18-20H2,1H3. The highest BCUT2D eigenvalue weighted by Crippen LogP contribution is 2.43. The lowest BCUT2D eigenvalue weighted by Crippen LogP contribution is -2.49. The van der Waals surface area contributed by atoms with Crippen LogP contribution in [0.15, 0.2) is 60.7 Å². The number of fused-ring (bicyclic) bond motifs is 1. The van der Waals surface area contributed by atoms with Gasteiger partial charge in [0, 0.05) is 47.6 Å². The van der Waals surface area contributed by atoms with E-state index in [9.17, 15) is 13.6 Å². The Morgan fingerprint density at radius 1 is 1.02 bits per heavy atom. The van der Waals surface area contributed by atoms with E-state index in [0.29, 0.717) is 52.2 Å². The summed E-state index contributed by atoms with van der Waals surface area (Å²) in [5.41, 5.74) is 0.977. The number of nitrogens with zero attached hydrogens (tertiary/aromatic N) is 1. The topological polar surface area (TPSA) is 57.2 Å². The van der Waals surface area contributed by atoms with Gasteiger partial charge in [0.25, 0.3) is 0 Å². The maximum atomic E-state index is 13.8. The van der Waals surface area contributed by atoms with Crippen molar-refractivity contribution in [2.24, 2.45) is 5.92 Å². The monoisotopic (exact) mass is 593 g/mol. The second-order valence-electron chi connectivity index (χ2n) is 10.8.